The molecular weight excluding hydrogens is 328 g/mol. The molecule has 26 heavy (non-hydrogen) atoms. The molecule has 1 atom stereocenters. The first-order valence-corrected chi connectivity index (χ1v) is 8.41. The lowest BCUT2D eigenvalue weighted by Crippen LogP contribution is -2.29. The molecule has 0 N–H and O–H groups in total. The Morgan fingerprint density at radius 3 is 2.58 bits per heavy atom. The molecule has 3 aromatic rings. The third kappa shape index (κ3) is 3.74. The Kier molecular flexibility index (Phi) is 5.31. The topological polar surface area (TPSA) is 60.2 Å². The number of benzene rings is 2. The van der Waals surface area contributed by atoms with E-state index in [1.807, 2.05) is 62.5 Å². The van der Waals surface area contributed by atoms with Gasteiger partial charge in [0.05, 0.1) is 19.7 Å². The van der Waals surface area contributed by atoms with E-state index >= 15 is 0 Å². The van der Waals surface area contributed by atoms with Crippen LogP contribution in [0.5, 0.6) is 5.75 Å². The molecule has 0 aliphatic carbocycles. The molecule has 0 saturated carbocycles. The van der Waals surface area contributed by atoms with Crippen LogP contribution in [0.4, 0.5) is 0 Å². The van der Waals surface area contributed by atoms with Gasteiger partial charge in [0.25, 0.3) is 5.91 Å². The van der Waals surface area contributed by atoms with Crippen LogP contribution in [0, 0.1) is 0 Å². The molecule has 1 heterocycles. The summed E-state index contributed by atoms with van der Waals surface area (Å²) in [6.45, 7) is 2.62. The van der Waals surface area contributed by atoms with Gasteiger partial charge in [-0.1, -0.05) is 30.3 Å². The van der Waals surface area contributed by atoms with Crippen molar-refractivity contribution in [3.8, 4) is 5.75 Å². The van der Waals surface area contributed by atoms with Crippen LogP contribution in [0.25, 0.3) is 0 Å². The van der Waals surface area contributed by atoms with Gasteiger partial charge < -0.3 is 9.64 Å². The van der Waals surface area contributed by atoms with Crippen molar-refractivity contribution in [3.63, 3.8) is 0 Å². The van der Waals surface area contributed by atoms with E-state index in [1.165, 1.54) is 6.33 Å². The van der Waals surface area contributed by atoms with E-state index in [0.29, 0.717) is 12.1 Å². The van der Waals surface area contributed by atoms with Gasteiger partial charge in [0.15, 0.2) is 0 Å². The summed E-state index contributed by atoms with van der Waals surface area (Å²) in [5, 5.41) is 4.09. The highest BCUT2D eigenvalue weighted by Gasteiger charge is 2.21. The van der Waals surface area contributed by atoms with Crippen molar-refractivity contribution < 1.29 is 9.53 Å². The van der Waals surface area contributed by atoms with E-state index in [0.717, 1.165) is 16.9 Å². The van der Waals surface area contributed by atoms with E-state index in [4.69, 9.17) is 4.74 Å². The zero-order valence-corrected chi connectivity index (χ0v) is 15.2. The summed E-state index contributed by atoms with van der Waals surface area (Å²) in [6, 6.07) is 15.2. The fourth-order valence-electron chi connectivity index (χ4n) is 2.85. The van der Waals surface area contributed by atoms with Crippen molar-refractivity contribution >= 4 is 5.91 Å². The number of amides is 1. The number of hydrogen-bond acceptors (Lipinski definition) is 4. The Balaban J connectivity index is 1.73. The van der Waals surface area contributed by atoms with E-state index in [1.54, 1.807) is 23.0 Å². The number of aromatic nitrogens is 3. The van der Waals surface area contributed by atoms with E-state index in [9.17, 15) is 4.79 Å². The van der Waals surface area contributed by atoms with Gasteiger partial charge in [-0.2, -0.15) is 5.10 Å². The number of methoxy groups -OCH3 is 1. The number of rotatable bonds is 6. The van der Waals surface area contributed by atoms with Crippen molar-refractivity contribution in [3.05, 3.63) is 77.9 Å². The molecule has 0 fully saturated rings. The van der Waals surface area contributed by atoms with Crippen LogP contribution < -0.4 is 4.74 Å². The standard InChI is InChI=1S/C20H22N4O2/c1-15(18-6-4-5-7-19(18)26-3)23(2)20(25)17-10-8-16(9-11-17)12-24-14-21-13-22-24/h4-11,13-15H,12H2,1-3H3. The van der Waals surface area contributed by atoms with Gasteiger partial charge in [-0.3, -0.25) is 4.79 Å². The van der Waals surface area contributed by atoms with Crippen LogP contribution in [-0.4, -0.2) is 39.7 Å². The van der Waals surface area contributed by atoms with Crippen LogP contribution in [0.3, 0.4) is 0 Å². The maximum absolute atomic E-state index is 12.8. The van der Waals surface area contributed by atoms with Crippen molar-refractivity contribution in [2.45, 2.75) is 19.5 Å². The van der Waals surface area contributed by atoms with Crippen LogP contribution in [0.15, 0.2) is 61.2 Å². The van der Waals surface area contributed by atoms with Crippen LogP contribution in [-0.2, 0) is 6.54 Å². The second-order valence-electron chi connectivity index (χ2n) is 6.12. The summed E-state index contributed by atoms with van der Waals surface area (Å²) in [6.07, 6.45) is 3.17. The lowest BCUT2D eigenvalue weighted by Gasteiger charge is -2.26. The molecular formula is C20H22N4O2. The number of nitrogens with zero attached hydrogens (tertiary/aromatic N) is 4. The Morgan fingerprint density at radius 1 is 1.19 bits per heavy atom. The van der Waals surface area contributed by atoms with Crippen molar-refractivity contribution in [1.82, 2.24) is 19.7 Å². The molecule has 6 nitrogen and oxygen atoms in total. The highest BCUT2D eigenvalue weighted by molar-refractivity contribution is 5.94. The fraction of sp³-hybridized carbons (Fsp3) is 0.250. The minimum absolute atomic E-state index is 0.0317. The number of carbonyl (C=O) groups excluding carboxylic acids is 1. The summed E-state index contributed by atoms with van der Waals surface area (Å²) < 4.78 is 7.16. The summed E-state index contributed by atoms with van der Waals surface area (Å²) in [7, 11) is 3.45. The maximum atomic E-state index is 12.8. The van der Waals surface area contributed by atoms with Gasteiger partial charge >= 0.3 is 0 Å². The Bertz CT molecular complexity index is 860. The number of ether oxygens (including phenoxy) is 1. The third-order valence-corrected chi connectivity index (χ3v) is 4.50. The molecule has 3 rings (SSSR count). The molecule has 0 radical (unpaired) electrons. The van der Waals surface area contributed by atoms with Crippen molar-refractivity contribution in [1.29, 1.82) is 0 Å². The summed E-state index contributed by atoms with van der Waals surface area (Å²) in [5.74, 6) is 0.749. The Hall–Kier alpha value is -3.15. The zero-order valence-electron chi connectivity index (χ0n) is 15.2. The average Bonchev–Trinajstić information content (AvgIpc) is 3.20. The number of hydrogen-bond donors (Lipinski definition) is 0. The van der Waals surface area contributed by atoms with Gasteiger partial charge in [-0.05, 0) is 30.7 Å². The van der Waals surface area contributed by atoms with Crippen LogP contribution in [0.2, 0.25) is 0 Å². The monoisotopic (exact) mass is 350 g/mol. The molecule has 0 bridgehead atoms. The first-order chi connectivity index (χ1) is 12.6. The summed E-state index contributed by atoms with van der Waals surface area (Å²) in [5.41, 5.74) is 2.69. The van der Waals surface area contributed by atoms with Crippen molar-refractivity contribution in [2.24, 2.45) is 0 Å². The van der Waals surface area contributed by atoms with Crippen LogP contribution >= 0.6 is 0 Å². The first kappa shape index (κ1) is 17.7. The molecule has 0 aliphatic rings. The molecule has 1 amide bonds. The van der Waals surface area contributed by atoms with E-state index in [2.05, 4.69) is 10.1 Å². The quantitative estimate of drug-likeness (QED) is 0.685. The van der Waals surface area contributed by atoms with Gasteiger partial charge in [0.2, 0.25) is 0 Å². The average molecular weight is 350 g/mol. The van der Waals surface area contributed by atoms with E-state index < -0.39 is 0 Å². The highest BCUT2D eigenvalue weighted by Crippen LogP contribution is 2.28. The second kappa shape index (κ2) is 7.82. The largest absolute Gasteiger partial charge is 0.496 e. The van der Waals surface area contributed by atoms with Crippen LogP contribution in [0.1, 0.15) is 34.5 Å². The third-order valence-electron chi connectivity index (χ3n) is 4.50. The number of carbonyl (C=O) groups is 1. The molecule has 0 aliphatic heterocycles. The maximum Gasteiger partial charge on any atom is 0.254 e. The predicted octanol–water partition coefficient (Wildman–Crippen LogP) is 3.17. The molecule has 6 heteroatoms. The highest BCUT2D eigenvalue weighted by atomic mass is 16.5. The van der Waals surface area contributed by atoms with Gasteiger partial charge in [0, 0.05) is 18.2 Å². The fourth-order valence-corrected chi connectivity index (χ4v) is 2.85. The smallest absolute Gasteiger partial charge is 0.254 e. The summed E-state index contributed by atoms with van der Waals surface area (Å²) in [4.78, 5) is 18.5. The summed E-state index contributed by atoms with van der Waals surface area (Å²) >= 11 is 0. The zero-order chi connectivity index (χ0) is 18.5. The minimum Gasteiger partial charge on any atom is -0.496 e. The molecule has 134 valence electrons. The molecule has 1 aromatic heterocycles. The molecule has 2 aromatic carbocycles. The van der Waals surface area contributed by atoms with Gasteiger partial charge in [0.1, 0.15) is 18.4 Å². The normalized spacial score (nSPS) is 11.8. The van der Waals surface area contributed by atoms with Gasteiger partial charge in [-0.25, -0.2) is 9.67 Å². The minimum atomic E-state index is -0.103. The van der Waals surface area contributed by atoms with Gasteiger partial charge in [-0.15, -0.1) is 0 Å². The lowest BCUT2D eigenvalue weighted by molar-refractivity contribution is 0.0741. The Labute approximate surface area is 153 Å². The number of para-hydroxylation sites is 1. The molecule has 1 unspecified atom stereocenters. The second-order valence-corrected chi connectivity index (χ2v) is 6.12. The lowest BCUT2D eigenvalue weighted by atomic mass is 10.0. The Morgan fingerprint density at radius 2 is 1.92 bits per heavy atom. The predicted molar refractivity (Wildman–Crippen MR) is 99.1 cm³/mol. The SMILES string of the molecule is COc1ccccc1C(C)N(C)C(=O)c1ccc(Cn2cncn2)cc1. The van der Waals surface area contributed by atoms with Crippen molar-refractivity contribution in [2.75, 3.05) is 14.2 Å². The first-order valence-electron chi connectivity index (χ1n) is 8.41. The van der Waals surface area contributed by atoms with E-state index in [-0.39, 0.29) is 11.9 Å². The molecule has 0 spiro atoms. The molecule has 0 saturated heterocycles.